The molecular formula is C15H11F3NO+. The highest BCUT2D eigenvalue weighted by Gasteiger charge is 2.31. The van der Waals surface area contributed by atoms with E-state index in [1.54, 1.807) is 6.07 Å². The first-order chi connectivity index (χ1) is 9.44. The number of ether oxygens (including phenoxy) is 1. The summed E-state index contributed by atoms with van der Waals surface area (Å²) in [6.45, 7) is 0. The van der Waals surface area contributed by atoms with Gasteiger partial charge in [0.25, 0.3) is 0 Å². The highest BCUT2D eigenvalue weighted by atomic mass is 19.4. The predicted molar refractivity (Wildman–Crippen MR) is 69.3 cm³/mol. The van der Waals surface area contributed by atoms with Crippen LogP contribution in [0.2, 0.25) is 0 Å². The third-order valence-electron chi connectivity index (χ3n) is 3.17. The first kappa shape index (κ1) is 12.7. The van der Waals surface area contributed by atoms with Gasteiger partial charge in [-0.2, -0.15) is 0 Å². The number of halogens is 3. The van der Waals surface area contributed by atoms with Crippen LogP contribution in [-0.2, 0) is 7.05 Å². The highest BCUT2D eigenvalue weighted by Crippen LogP contribution is 2.29. The fraction of sp³-hybridized carbons (Fsp3) is 0.133. The van der Waals surface area contributed by atoms with E-state index in [1.165, 1.54) is 12.1 Å². The molecule has 0 saturated carbocycles. The summed E-state index contributed by atoms with van der Waals surface area (Å²) in [7, 11) is 1.86. The standard InChI is InChI=1S/C15H11F3NO/c1-19-9-10-4-2-3-5-12(10)13-8-11(6-7-14(13)19)20-15(16,17)18/h2-9H,1H3/q+1. The summed E-state index contributed by atoms with van der Waals surface area (Å²) in [4.78, 5) is 0. The van der Waals surface area contributed by atoms with Gasteiger partial charge in [-0.1, -0.05) is 18.2 Å². The van der Waals surface area contributed by atoms with Crippen molar-refractivity contribution in [2.45, 2.75) is 6.36 Å². The van der Waals surface area contributed by atoms with E-state index in [4.69, 9.17) is 0 Å². The van der Waals surface area contributed by atoms with E-state index in [-0.39, 0.29) is 5.75 Å². The lowest BCUT2D eigenvalue weighted by molar-refractivity contribution is -0.643. The number of aryl methyl sites for hydroxylation is 1. The van der Waals surface area contributed by atoms with Crippen molar-refractivity contribution in [3.8, 4) is 5.75 Å². The monoisotopic (exact) mass is 278 g/mol. The van der Waals surface area contributed by atoms with Crippen molar-refractivity contribution in [3.05, 3.63) is 48.7 Å². The molecule has 0 aliphatic heterocycles. The number of hydrogen-bond donors (Lipinski definition) is 0. The summed E-state index contributed by atoms with van der Waals surface area (Å²) in [5.41, 5.74) is 0.846. The molecule has 3 aromatic rings. The molecule has 0 radical (unpaired) electrons. The number of rotatable bonds is 1. The van der Waals surface area contributed by atoms with Crippen LogP contribution in [-0.4, -0.2) is 6.36 Å². The Bertz CT molecular complexity index is 796. The molecule has 3 rings (SSSR count). The molecular weight excluding hydrogens is 267 g/mol. The molecule has 0 bridgehead atoms. The number of hydrogen-bond acceptors (Lipinski definition) is 1. The zero-order valence-corrected chi connectivity index (χ0v) is 10.6. The van der Waals surface area contributed by atoms with Crippen LogP contribution in [0.5, 0.6) is 5.75 Å². The number of benzene rings is 2. The molecule has 1 heterocycles. The van der Waals surface area contributed by atoms with Crippen LogP contribution in [0.3, 0.4) is 0 Å². The number of nitrogens with zero attached hydrogens (tertiary/aromatic N) is 1. The van der Waals surface area contributed by atoms with Crippen molar-refractivity contribution < 1.29 is 22.5 Å². The Morgan fingerprint density at radius 3 is 2.50 bits per heavy atom. The third kappa shape index (κ3) is 2.27. The van der Waals surface area contributed by atoms with Crippen molar-refractivity contribution >= 4 is 21.7 Å². The van der Waals surface area contributed by atoms with Crippen molar-refractivity contribution in [1.29, 1.82) is 0 Å². The third-order valence-corrected chi connectivity index (χ3v) is 3.17. The van der Waals surface area contributed by atoms with E-state index in [2.05, 4.69) is 4.74 Å². The van der Waals surface area contributed by atoms with E-state index in [9.17, 15) is 13.2 Å². The number of aromatic nitrogens is 1. The quantitative estimate of drug-likeness (QED) is 0.488. The van der Waals surface area contributed by atoms with Gasteiger partial charge in [0.2, 0.25) is 5.52 Å². The molecule has 20 heavy (non-hydrogen) atoms. The zero-order chi connectivity index (χ0) is 14.3. The van der Waals surface area contributed by atoms with E-state index < -0.39 is 6.36 Å². The van der Waals surface area contributed by atoms with Crippen molar-refractivity contribution in [3.63, 3.8) is 0 Å². The average molecular weight is 278 g/mol. The molecule has 5 heteroatoms. The fourth-order valence-corrected chi connectivity index (χ4v) is 2.37. The zero-order valence-electron chi connectivity index (χ0n) is 10.6. The van der Waals surface area contributed by atoms with Gasteiger partial charge in [-0.05, 0) is 18.2 Å². The topological polar surface area (TPSA) is 13.1 Å². The molecule has 0 N–H and O–H groups in total. The summed E-state index contributed by atoms with van der Waals surface area (Å²) < 4.78 is 42.8. The molecule has 0 atom stereocenters. The van der Waals surface area contributed by atoms with Crippen LogP contribution in [0, 0.1) is 0 Å². The first-order valence-corrected chi connectivity index (χ1v) is 6.01. The fourth-order valence-electron chi connectivity index (χ4n) is 2.37. The van der Waals surface area contributed by atoms with Gasteiger partial charge in [0.15, 0.2) is 6.20 Å². The summed E-state index contributed by atoms with van der Waals surface area (Å²) in [6, 6.07) is 11.9. The SMILES string of the molecule is C[n+]1cc2ccccc2c2cc(OC(F)(F)F)ccc21. The number of pyridine rings is 1. The lowest BCUT2D eigenvalue weighted by Crippen LogP contribution is -2.28. The summed E-state index contributed by atoms with van der Waals surface area (Å²) in [5.74, 6) is -0.207. The Balaban J connectivity index is 2.28. The Morgan fingerprint density at radius 2 is 1.75 bits per heavy atom. The molecule has 2 nitrogen and oxygen atoms in total. The van der Waals surface area contributed by atoms with Crippen molar-refractivity contribution in [1.82, 2.24) is 0 Å². The minimum absolute atomic E-state index is 0.207. The summed E-state index contributed by atoms with van der Waals surface area (Å²) in [5, 5.41) is 2.59. The molecule has 102 valence electrons. The maximum Gasteiger partial charge on any atom is 0.573 e. The van der Waals surface area contributed by atoms with E-state index >= 15 is 0 Å². The Kier molecular flexibility index (Phi) is 2.78. The maximum atomic E-state index is 12.3. The van der Waals surface area contributed by atoms with Crippen LogP contribution < -0.4 is 9.30 Å². The van der Waals surface area contributed by atoms with Crippen LogP contribution >= 0.6 is 0 Å². The van der Waals surface area contributed by atoms with Crippen LogP contribution in [0.4, 0.5) is 13.2 Å². The van der Waals surface area contributed by atoms with E-state index in [1.807, 2.05) is 42.1 Å². The first-order valence-electron chi connectivity index (χ1n) is 6.01. The largest absolute Gasteiger partial charge is 0.573 e. The molecule has 0 aliphatic rings. The van der Waals surface area contributed by atoms with Gasteiger partial charge >= 0.3 is 6.36 Å². The number of fused-ring (bicyclic) bond motifs is 3. The Morgan fingerprint density at radius 1 is 1.00 bits per heavy atom. The molecule has 0 unspecified atom stereocenters. The summed E-state index contributed by atoms with van der Waals surface area (Å²) in [6.07, 6.45) is -2.73. The van der Waals surface area contributed by atoms with Gasteiger partial charge < -0.3 is 4.74 Å². The van der Waals surface area contributed by atoms with Gasteiger partial charge in [-0.25, -0.2) is 4.57 Å². The minimum Gasteiger partial charge on any atom is -0.406 e. The van der Waals surface area contributed by atoms with Gasteiger partial charge in [0.05, 0.1) is 5.39 Å². The van der Waals surface area contributed by atoms with Crippen LogP contribution in [0.1, 0.15) is 0 Å². The molecule has 0 aliphatic carbocycles. The van der Waals surface area contributed by atoms with E-state index in [0.29, 0.717) is 0 Å². The van der Waals surface area contributed by atoms with Crippen molar-refractivity contribution in [2.75, 3.05) is 0 Å². The van der Waals surface area contributed by atoms with Crippen LogP contribution in [0.15, 0.2) is 48.7 Å². The van der Waals surface area contributed by atoms with Crippen LogP contribution in [0.25, 0.3) is 21.7 Å². The molecule has 2 aromatic carbocycles. The normalized spacial score (nSPS) is 12.0. The van der Waals surface area contributed by atoms with E-state index in [0.717, 1.165) is 21.7 Å². The number of alkyl halides is 3. The molecule has 0 fully saturated rings. The Labute approximate surface area is 113 Å². The lowest BCUT2D eigenvalue weighted by Gasteiger charge is -2.09. The minimum atomic E-state index is -4.68. The average Bonchev–Trinajstić information content (AvgIpc) is 2.37. The van der Waals surface area contributed by atoms with Gasteiger partial charge in [-0.3, -0.25) is 0 Å². The van der Waals surface area contributed by atoms with Gasteiger partial charge in [-0.15, -0.1) is 13.2 Å². The Hall–Kier alpha value is -2.30. The second-order valence-corrected chi connectivity index (χ2v) is 4.55. The molecule has 0 amide bonds. The highest BCUT2D eigenvalue weighted by molar-refractivity contribution is 6.04. The second kappa shape index (κ2) is 4.37. The summed E-state index contributed by atoms with van der Waals surface area (Å²) >= 11 is 0. The molecule has 0 spiro atoms. The lowest BCUT2D eigenvalue weighted by atomic mass is 10.1. The maximum absolute atomic E-state index is 12.3. The second-order valence-electron chi connectivity index (χ2n) is 4.55. The van der Waals surface area contributed by atoms with Crippen molar-refractivity contribution in [2.24, 2.45) is 7.05 Å². The predicted octanol–water partition coefficient (Wildman–Crippen LogP) is 3.72. The molecule has 1 aromatic heterocycles. The molecule has 0 saturated heterocycles. The smallest absolute Gasteiger partial charge is 0.406 e. The van der Waals surface area contributed by atoms with Gasteiger partial charge in [0.1, 0.15) is 12.8 Å². The van der Waals surface area contributed by atoms with Gasteiger partial charge in [0, 0.05) is 16.8 Å².